The van der Waals surface area contributed by atoms with Crippen LogP contribution in [0.4, 0.5) is 0 Å². The van der Waals surface area contributed by atoms with E-state index in [1.807, 2.05) is 60.0 Å². The molecule has 0 unspecified atom stereocenters. The van der Waals surface area contributed by atoms with Gasteiger partial charge in [0.15, 0.2) is 0 Å². The van der Waals surface area contributed by atoms with Crippen LogP contribution in [0.2, 0.25) is 0 Å². The minimum absolute atomic E-state index is 0.142. The van der Waals surface area contributed by atoms with Crippen molar-refractivity contribution < 1.29 is 9.90 Å². The first-order valence-electron chi connectivity index (χ1n) is 7.98. The SMILES string of the molecule is Cc1ccc2nc(C(=O)N(C)CC[C@H](O)c3ccccc3)cn2c1. The van der Waals surface area contributed by atoms with Crippen molar-refractivity contribution in [3.63, 3.8) is 0 Å². The topological polar surface area (TPSA) is 57.8 Å². The number of nitrogens with zero attached hydrogens (tertiary/aromatic N) is 3. The Balaban J connectivity index is 1.65. The highest BCUT2D eigenvalue weighted by Gasteiger charge is 2.17. The Hall–Kier alpha value is -2.66. The van der Waals surface area contributed by atoms with Crippen LogP contribution in [0.1, 0.15) is 34.1 Å². The molecule has 0 aliphatic carbocycles. The third-order valence-corrected chi connectivity index (χ3v) is 4.09. The zero-order valence-electron chi connectivity index (χ0n) is 13.9. The van der Waals surface area contributed by atoms with Gasteiger partial charge in [-0.15, -0.1) is 0 Å². The Labute approximate surface area is 141 Å². The van der Waals surface area contributed by atoms with Crippen LogP contribution in [0.3, 0.4) is 0 Å². The number of hydrogen-bond donors (Lipinski definition) is 1. The average molecular weight is 323 g/mol. The number of hydrogen-bond acceptors (Lipinski definition) is 3. The molecule has 0 fully saturated rings. The fraction of sp³-hybridized carbons (Fsp3) is 0.263. The van der Waals surface area contributed by atoms with Crippen LogP contribution in [0.25, 0.3) is 5.65 Å². The number of benzene rings is 1. The van der Waals surface area contributed by atoms with Crippen molar-refractivity contribution in [2.45, 2.75) is 19.4 Å². The van der Waals surface area contributed by atoms with E-state index < -0.39 is 6.10 Å². The molecule has 124 valence electrons. The minimum atomic E-state index is -0.579. The number of fused-ring (bicyclic) bond motifs is 1. The van der Waals surface area contributed by atoms with E-state index >= 15 is 0 Å². The second-order valence-corrected chi connectivity index (χ2v) is 6.04. The summed E-state index contributed by atoms with van der Waals surface area (Å²) in [5.74, 6) is -0.142. The highest BCUT2D eigenvalue weighted by molar-refractivity contribution is 5.92. The number of aliphatic hydroxyl groups is 1. The maximum Gasteiger partial charge on any atom is 0.273 e. The molecule has 2 aromatic heterocycles. The molecule has 0 radical (unpaired) electrons. The Morgan fingerprint density at radius 1 is 1.21 bits per heavy atom. The van der Waals surface area contributed by atoms with Gasteiger partial charge >= 0.3 is 0 Å². The van der Waals surface area contributed by atoms with E-state index in [1.165, 1.54) is 0 Å². The lowest BCUT2D eigenvalue weighted by atomic mass is 10.1. The lowest BCUT2D eigenvalue weighted by molar-refractivity contribution is 0.0756. The second-order valence-electron chi connectivity index (χ2n) is 6.04. The summed E-state index contributed by atoms with van der Waals surface area (Å²) in [6, 6.07) is 13.3. The molecular weight excluding hydrogens is 302 g/mol. The first-order chi connectivity index (χ1) is 11.5. The van der Waals surface area contributed by atoms with Gasteiger partial charge in [-0.1, -0.05) is 36.4 Å². The Morgan fingerprint density at radius 3 is 2.71 bits per heavy atom. The van der Waals surface area contributed by atoms with Crippen molar-refractivity contribution in [1.29, 1.82) is 0 Å². The number of rotatable bonds is 5. The Kier molecular flexibility index (Phi) is 4.62. The van der Waals surface area contributed by atoms with Crippen LogP contribution in [0.5, 0.6) is 0 Å². The minimum Gasteiger partial charge on any atom is -0.388 e. The van der Waals surface area contributed by atoms with Crippen molar-refractivity contribution >= 4 is 11.6 Å². The molecule has 3 aromatic rings. The summed E-state index contributed by atoms with van der Waals surface area (Å²) in [6.45, 7) is 2.46. The summed E-state index contributed by atoms with van der Waals surface area (Å²) in [6.07, 6.45) is 3.59. The molecule has 0 spiro atoms. The number of aromatic nitrogens is 2. The largest absolute Gasteiger partial charge is 0.388 e. The number of aliphatic hydroxyl groups excluding tert-OH is 1. The van der Waals surface area contributed by atoms with Crippen LogP contribution in [0.15, 0.2) is 54.9 Å². The molecule has 1 atom stereocenters. The number of amides is 1. The number of carbonyl (C=O) groups is 1. The van der Waals surface area contributed by atoms with Gasteiger partial charge in [0, 0.05) is 26.0 Å². The molecule has 2 heterocycles. The van der Waals surface area contributed by atoms with Crippen molar-refractivity contribution in [2.24, 2.45) is 0 Å². The van der Waals surface area contributed by atoms with Crippen molar-refractivity contribution in [1.82, 2.24) is 14.3 Å². The van der Waals surface area contributed by atoms with Crippen LogP contribution < -0.4 is 0 Å². The Morgan fingerprint density at radius 2 is 1.96 bits per heavy atom. The fourth-order valence-electron chi connectivity index (χ4n) is 2.66. The van der Waals surface area contributed by atoms with Crippen LogP contribution >= 0.6 is 0 Å². The molecule has 0 aliphatic rings. The molecule has 0 saturated heterocycles. The van der Waals surface area contributed by atoms with Gasteiger partial charge < -0.3 is 14.4 Å². The zero-order valence-corrected chi connectivity index (χ0v) is 13.9. The first kappa shape index (κ1) is 16.2. The number of imidazole rings is 1. The predicted octanol–water partition coefficient (Wildman–Crippen LogP) is 2.84. The quantitative estimate of drug-likeness (QED) is 0.785. The third-order valence-electron chi connectivity index (χ3n) is 4.09. The lowest BCUT2D eigenvalue weighted by Crippen LogP contribution is -2.29. The third kappa shape index (κ3) is 3.46. The van der Waals surface area contributed by atoms with E-state index in [1.54, 1.807) is 18.1 Å². The van der Waals surface area contributed by atoms with Crippen LogP contribution in [0, 0.1) is 6.92 Å². The maximum atomic E-state index is 12.5. The normalized spacial score (nSPS) is 12.3. The van der Waals surface area contributed by atoms with Gasteiger partial charge in [-0.3, -0.25) is 4.79 Å². The molecule has 24 heavy (non-hydrogen) atoms. The summed E-state index contributed by atoms with van der Waals surface area (Å²) in [5, 5.41) is 10.2. The van der Waals surface area contributed by atoms with E-state index in [0.717, 1.165) is 16.8 Å². The second kappa shape index (κ2) is 6.84. The monoisotopic (exact) mass is 323 g/mol. The number of aryl methyl sites for hydroxylation is 1. The summed E-state index contributed by atoms with van der Waals surface area (Å²) in [7, 11) is 1.73. The number of pyridine rings is 1. The number of carbonyl (C=O) groups excluding carboxylic acids is 1. The van der Waals surface area contributed by atoms with E-state index in [2.05, 4.69) is 4.98 Å². The van der Waals surface area contributed by atoms with Crippen LogP contribution in [-0.2, 0) is 0 Å². The summed E-state index contributed by atoms with van der Waals surface area (Å²) in [5.41, 5.74) is 3.14. The van der Waals surface area contributed by atoms with Crippen molar-refractivity contribution in [2.75, 3.05) is 13.6 Å². The van der Waals surface area contributed by atoms with E-state index in [9.17, 15) is 9.90 Å². The highest BCUT2D eigenvalue weighted by atomic mass is 16.3. The van der Waals surface area contributed by atoms with Crippen molar-refractivity contribution in [3.8, 4) is 0 Å². The van der Waals surface area contributed by atoms with Gasteiger partial charge in [-0.05, 0) is 30.5 Å². The molecule has 1 aromatic carbocycles. The molecule has 0 saturated carbocycles. The fourth-order valence-corrected chi connectivity index (χ4v) is 2.66. The molecule has 5 nitrogen and oxygen atoms in total. The molecule has 1 amide bonds. The van der Waals surface area contributed by atoms with E-state index in [-0.39, 0.29) is 5.91 Å². The Bertz CT molecular complexity index is 842. The van der Waals surface area contributed by atoms with Crippen LogP contribution in [-0.4, -0.2) is 38.9 Å². The molecular formula is C19H21N3O2. The molecule has 1 N–H and O–H groups in total. The molecule has 0 bridgehead atoms. The zero-order chi connectivity index (χ0) is 17.1. The predicted molar refractivity (Wildman–Crippen MR) is 92.9 cm³/mol. The van der Waals surface area contributed by atoms with Gasteiger partial charge in [0.25, 0.3) is 5.91 Å². The van der Waals surface area contributed by atoms with Gasteiger partial charge in [0.05, 0.1) is 6.10 Å². The molecule has 3 rings (SSSR count). The van der Waals surface area contributed by atoms with Crippen molar-refractivity contribution in [3.05, 3.63) is 71.7 Å². The summed E-state index contributed by atoms with van der Waals surface area (Å²) in [4.78, 5) is 18.5. The smallest absolute Gasteiger partial charge is 0.273 e. The molecule has 5 heteroatoms. The average Bonchev–Trinajstić information content (AvgIpc) is 3.02. The van der Waals surface area contributed by atoms with E-state index in [4.69, 9.17) is 0 Å². The summed E-state index contributed by atoms with van der Waals surface area (Å²) < 4.78 is 1.86. The van der Waals surface area contributed by atoms with Gasteiger partial charge in [-0.25, -0.2) is 4.98 Å². The highest BCUT2D eigenvalue weighted by Crippen LogP contribution is 2.17. The van der Waals surface area contributed by atoms with Gasteiger partial charge in [0.2, 0.25) is 0 Å². The standard InChI is InChI=1S/C19H21N3O2/c1-14-8-9-18-20-16(13-22(18)12-14)19(24)21(2)11-10-17(23)15-6-4-3-5-7-15/h3-9,12-13,17,23H,10-11H2,1-2H3/t17-/m0/s1. The summed E-state index contributed by atoms with van der Waals surface area (Å²) >= 11 is 0. The maximum absolute atomic E-state index is 12.5. The first-order valence-corrected chi connectivity index (χ1v) is 7.98. The van der Waals surface area contributed by atoms with E-state index in [0.29, 0.717) is 18.7 Å². The lowest BCUT2D eigenvalue weighted by Gasteiger charge is -2.18. The van der Waals surface area contributed by atoms with Gasteiger partial charge in [-0.2, -0.15) is 0 Å². The molecule has 0 aliphatic heterocycles. The van der Waals surface area contributed by atoms with Gasteiger partial charge in [0.1, 0.15) is 11.3 Å².